The summed E-state index contributed by atoms with van der Waals surface area (Å²) in [4.78, 5) is 0. The van der Waals surface area contributed by atoms with E-state index in [-0.39, 0.29) is 11.0 Å². The molecule has 0 bridgehead atoms. The molecule has 0 aliphatic heterocycles. The van der Waals surface area contributed by atoms with Crippen LogP contribution in [0.25, 0.3) is 0 Å². The molecule has 16 heavy (non-hydrogen) atoms. The predicted octanol–water partition coefficient (Wildman–Crippen LogP) is 2.87. The molecule has 0 heterocycles. The quantitative estimate of drug-likeness (QED) is 0.792. The Kier molecular flexibility index (Phi) is 2.93. The topological polar surface area (TPSA) is 26.0 Å². The van der Waals surface area contributed by atoms with E-state index in [1.54, 1.807) is 0 Å². The maximum atomic E-state index is 13.6. The van der Waals surface area contributed by atoms with E-state index in [1.807, 2.05) is 0 Å². The Morgan fingerprint density at radius 3 is 2.19 bits per heavy atom. The van der Waals surface area contributed by atoms with Crippen LogP contribution in [-0.4, -0.2) is 6.54 Å². The van der Waals surface area contributed by atoms with Gasteiger partial charge in [0.15, 0.2) is 11.6 Å². The molecule has 0 spiro atoms. The average Bonchev–Trinajstić information content (AvgIpc) is 2.18. The molecule has 2 N–H and O–H groups in total. The first-order valence-corrected chi connectivity index (χ1v) is 5.44. The van der Waals surface area contributed by atoms with Gasteiger partial charge in [-0.2, -0.15) is 0 Å². The van der Waals surface area contributed by atoms with Gasteiger partial charge in [-0.1, -0.05) is 6.42 Å². The van der Waals surface area contributed by atoms with Crippen LogP contribution < -0.4 is 5.73 Å². The van der Waals surface area contributed by atoms with E-state index in [0.717, 1.165) is 25.3 Å². The summed E-state index contributed by atoms with van der Waals surface area (Å²) in [6, 6.07) is 1.61. The smallest absolute Gasteiger partial charge is 0.161 e. The van der Waals surface area contributed by atoms with Crippen molar-refractivity contribution in [2.75, 3.05) is 6.54 Å². The first kappa shape index (κ1) is 11.5. The summed E-state index contributed by atoms with van der Waals surface area (Å²) in [6.45, 7) is 0.429. The van der Waals surface area contributed by atoms with Crippen LogP contribution in [0.3, 0.4) is 0 Å². The Morgan fingerprint density at radius 1 is 1.06 bits per heavy atom. The summed E-state index contributed by atoms with van der Waals surface area (Å²) in [5.74, 6) is -2.78. The molecule has 1 fully saturated rings. The van der Waals surface area contributed by atoms with Crippen molar-refractivity contribution in [1.82, 2.24) is 0 Å². The van der Waals surface area contributed by atoms with Crippen LogP contribution >= 0.6 is 0 Å². The fourth-order valence-corrected chi connectivity index (χ4v) is 2.46. The monoisotopic (exact) mass is 229 g/mol. The van der Waals surface area contributed by atoms with Gasteiger partial charge in [0.25, 0.3) is 0 Å². The SMILES string of the molecule is NCCC1(c2cc(F)c(F)cc2F)CCC1. The number of benzene rings is 1. The molecule has 1 saturated carbocycles. The summed E-state index contributed by atoms with van der Waals surface area (Å²) in [5, 5.41) is 0. The van der Waals surface area contributed by atoms with Gasteiger partial charge < -0.3 is 5.73 Å². The van der Waals surface area contributed by atoms with Crippen molar-refractivity contribution in [1.29, 1.82) is 0 Å². The van der Waals surface area contributed by atoms with E-state index in [0.29, 0.717) is 19.0 Å². The molecule has 1 aromatic carbocycles. The Labute approximate surface area is 92.5 Å². The lowest BCUT2D eigenvalue weighted by Gasteiger charge is -2.42. The Balaban J connectivity index is 2.42. The number of rotatable bonds is 3. The molecule has 1 aromatic rings. The van der Waals surface area contributed by atoms with Gasteiger partial charge in [-0.15, -0.1) is 0 Å². The van der Waals surface area contributed by atoms with Crippen molar-refractivity contribution >= 4 is 0 Å². The van der Waals surface area contributed by atoms with Gasteiger partial charge in [0.1, 0.15) is 5.82 Å². The van der Waals surface area contributed by atoms with E-state index in [1.165, 1.54) is 0 Å². The van der Waals surface area contributed by atoms with Crippen molar-refractivity contribution in [2.24, 2.45) is 5.73 Å². The number of halogens is 3. The fraction of sp³-hybridized carbons (Fsp3) is 0.500. The highest BCUT2D eigenvalue weighted by atomic mass is 19.2. The molecular formula is C12H14F3N. The molecule has 0 amide bonds. The molecule has 1 aliphatic rings. The molecule has 0 aromatic heterocycles. The van der Waals surface area contributed by atoms with Gasteiger partial charge in [0.05, 0.1) is 0 Å². The van der Waals surface area contributed by atoms with Crippen molar-refractivity contribution < 1.29 is 13.2 Å². The second-order valence-corrected chi connectivity index (χ2v) is 4.42. The highest BCUT2D eigenvalue weighted by molar-refractivity contribution is 5.31. The van der Waals surface area contributed by atoms with Gasteiger partial charge in [-0.3, -0.25) is 0 Å². The third kappa shape index (κ3) is 1.71. The van der Waals surface area contributed by atoms with Gasteiger partial charge in [0.2, 0.25) is 0 Å². The van der Waals surface area contributed by atoms with Crippen LogP contribution in [0.15, 0.2) is 12.1 Å². The van der Waals surface area contributed by atoms with E-state index in [2.05, 4.69) is 0 Å². The minimum Gasteiger partial charge on any atom is -0.330 e. The highest BCUT2D eigenvalue weighted by Gasteiger charge is 2.40. The van der Waals surface area contributed by atoms with Crippen LogP contribution in [0, 0.1) is 17.5 Å². The molecule has 88 valence electrons. The molecule has 0 saturated heterocycles. The van der Waals surface area contributed by atoms with Crippen molar-refractivity contribution in [3.63, 3.8) is 0 Å². The summed E-state index contributed by atoms with van der Waals surface area (Å²) in [7, 11) is 0. The van der Waals surface area contributed by atoms with E-state index < -0.39 is 17.5 Å². The molecule has 1 aliphatic carbocycles. The van der Waals surface area contributed by atoms with Gasteiger partial charge >= 0.3 is 0 Å². The zero-order valence-electron chi connectivity index (χ0n) is 8.90. The number of hydrogen-bond acceptors (Lipinski definition) is 1. The Bertz CT molecular complexity index is 399. The van der Waals surface area contributed by atoms with Gasteiger partial charge in [-0.05, 0) is 42.9 Å². The Hall–Kier alpha value is -1.03. The van der Waals surface area contributed by atoms with Crippen molar-refractivity contribution in [3.05, 3.63) is 35.1 Å². The van der Waals surface area contributed by atoms with E-state index >= 15 is 0 Å². The largest absolute Gasteiger partial charge is 0.330 e. The second-order valence-electron chi connectivity index (χ2n) is 4.42. The normalized spacial score (nSPS) is 18.2. The van der Waals surface area contributed by atoms with Crippen LogP contribution in [-0.2, 0) is 5.41 Å². The van der Waals surface area contributed by atoms with Gasteiger partial charge in [-0.25, -0.2) is 13.2 Å². The highest BCUT2D eigenvalue weighted by Crippen LogP contribution is 2.47. The summed E-state index contributed by atoms with van der Waals surface area (Å²) in [5.41, 5.74) is 5.40. The third-order valence-corrected chi connectivity index (χ3v) is 3.51. The number of nitrogens with two attached hydrogens (primary N) is 1. The maximum Gasteiger partial charge on any atom is 0.161 e. The zero-order chi connectivity index (χ0) is 11.8. The molecule has 1 nitrogen and oxygen atoms in total. The molecular weight excluding hydrogens is 215 g/mol. The molecule has 0 radical (unpaired) electrons. The summed E-state index contributed by atoms with van der Waals surface area (Å²) in [6.07, 6.45) is 3.20. The predicted molar refractivity (Wildman–Crippen MR) is 55.5 cm³/mol. The lowest BCUT2D eigenvalue weighted by molar-refractivity contribution is 0.220. The first-order valence-electron chi connectivity index (χ1n) is 5.44. The standard InChI is InChI=1S/C12H14F3N/c13-9-7-11(15)10(14)6-8(9)12(4-5-16)2-1-3-12/h6-7H,1-5,16H2. The third-order valence-electron chi connectivity index (χ3n) is 3.51. The molecule has 2 rings (SSSR count). The summed E-state index contributed by atoms with van der Waals surface area (Å²) < 4.78 is 39.6. The lowest BCUT2D eigenvalue weighted by atomic mass is 9.62. The van der Waals surface area contributed by atoms with E-state index in [9.17, 15) is 13.2 Å². The minimum atomic E-state index is -1.14. The lowest BCUT2D eigenvalue weighted by Crippen LogP contribution is -2.37. The Morgan fingerprint density at radius 2 is 1.69 bits per heavy atom. The first-order chi connectivity index (χ1) is 7.59. The number of hydrogen-bond donors (Lipinski definition) is 1. The van der Waals surface area contributed by atoms with Crippen LogP contribution in [0.5, 0.6) is 0 Å². The second kappa shape index (κ2) is 4.09. The molecule has 0 atom stereocenters. The van der Waals surface area contributed by atoms with Gasteiger partial charge in [0, 0.05) is 6.07 Å². The maximum absolute atomic E-state index is 13.6. The zero-order valence-corrected chi connectivity index (χ0v) is 8.90. The molecule has 4 heteroatoms. The molecule has 0 unspecified atom stereocenters. The fourth-order valence-electron chi connectivity index (χ4n) is 2.46. The van der Waals surface area contributed by atoms with Crippen LogP contribution in [0.1, 0.15) is 31.2 Å². The minimum absolute atomic E-state index is 0.281. The van der Waals surface area contributed by atoms with E-state index in [4.69, 9.17) is 5.73 Å². The van der Waals surface area contributed by atoms with Crippen molar-refractivity contribution in [3.8, 4) is 0 Å². The van der Waals surface area contributed by atoms with Crippen LogP contribution in [0.4, 0.5) is 13.2 Å². The van der Waals surface area contributed by atoms with Crippen molar-refractivity contribution in [2.45, 2.75) is 31.1 Å². The average molecular weight is 229 g/mol. The summed E-state index contributed by atoms with van der Waals surface area (Å²) >= 11 is 0. The van der Waals surface area contributed by atoms with Crippen LogP contribution in [0.2, 0.25) is 0 Å².